The first-order valence-corrected chi connectivity index (χ1v) is 10.1. The SMILES string of the molecule is CC(OC(=O)CCc1nc(-c2ccsc2)no1)C(=O)NC(=O)NC1CCCC1. The van der Waals surface area contributed by atoms with Crippen LogP contribution in [-0.2, 0) is 20.7 Å². The summed E-state index contributed by atoms with van der Waals surface area (Å²) in [5, 5.41) is 12.6. The molecule has 0 aromatic carbocycles. The average Bonchev–Trinajstić information content (AvgIpc) is 3.41. The maximum absolute atomic E-state index is 12.0. The van der Waals surface area contributed by atoms with Crippen LogP contribution >= 0.6 is 11.3 Å². The molecule has 1 aliphatic carbocycles. The van der Waals surface area contributed by atoms with Gasteiger partial charge in [0, 0.05) is 23.4 Å². The molecule has 10 heteroatoms. The van der Waals surface area contributed by atoms with Crippen LogP contribution < -0.4 is 10.6 Å². The van der Waals surface area contributed by atoms with Gasteiger partial charge in [0.05, 0.1) is 6.42 Å². The first-order valence-electron chi connectivity index (χ1n) is 9.17. The third-order valence-electron chi connectivity index (χ3n) is 4.40. The molecule has 1 saturated carbocycles. The fraction of sp³-hybridized carbons (Fsp3) is 0.500. The van der Waals surface area contributed by atoms with Gasteiger partial charge in [-0.25, -0.2) is 4.79 Å². The van der Waals surface area contributed by atoms with Gasteiger partial charge in [-0.1, -0.05) is 18.0 Å². The fourth-order valence-corrected chi connectivity index (χ4v) is 3.52. The minimum Gasteiger partial charge on any atom is -0.453 e. The predicted octanol–water partition coefficient (Wildman–Crippen LogP) is 2.43. The van der Waals surface area contributed by atoms with Crippen LogP contribution in [0.4, 0.5) is 4.79 Å². The fourth-order valence-electron chi connectivity index (χ4n) is 2.89. The summed E-state index contributed by atoms with van der Waals surface area (Å²) in [4.78, 5) is 39.9. The van der Waals surface area contributed by atoms with E-state index in [4.69, 9.17) is 9.26 Å². The van der Waals surface area contributed by atoms with Crippen molar-refractivity contribution in [3.8, 4) is 11.4 Å². The molecule has 28 heavy (non-hydrogen) atoms. The second kappa shape index (κ2) is 9.45. The summed E-state index contributed by atoms with van der Waals surface area (Å²) in [5.41, 5.74) is 0.851. The first-order chi connectivity index (χ1) is 13.5. The predicted molar refractivity (Wildman–Crippen MR) is 100 cm³/mol. The van der Waals surface area contributed by atoms with Crippen molar-refractivity contribution in [2.75, 3.05) is 0 Å². The Kier molecular flexibility index (Phi) is 6.75. The third kappa shape index (κ3) is 5.62. The Hall–Kier alpha value is -2.75. The van der Waals surface area contributed by atoms with Crippen LogP contribution in [-0.4, -0.2) is 40.2 Å². The molecule has 2 aromatic heterocycles. The van der Waals surface area contributed by atoms with Crippen molar-refractivity contribution >= 4 is 29.2 Å². The number of nitrogens with one attached hydrogen (secondary N) is 2. The van der Waals surface area contributed by atoms with E-state index in [1.807, 2.05) is 16.8 Å². The Morgan fingerprint density at radius 1 is 1.36 bits per heavy atom. The summed E-state index contributed by atoms with van der Waals surface area (Å²) in [5.74, 6) is -0.479. The number of hydrogen-bond acceptors (Lipinski definition) is 8. The normalized spacial score (nSPS) is 15.2. The standard InChI is InChI=1S/C18H22N4O5S/c1-11(17(24)21-18(25)19-13-4-2-3-5-13)26-15(23)7-6-14-20-16(22-27-14)12-8-9-28-10-12/h8-11,13H,2-7H2,1H3,(H2,19,21,24,25). The number of nitrogens with zero attached hydrogens (tertiary/aromatic N) is 2. The average molecular weight is 406 g/mol. The highest BCUT2D eigenvalue weighted by Crippen LogP contribution is 2.19. The molecule has 9 nitrogen and oxygen atoms in total. The molecule has 1 atom stereocenters. The highest BCUT2D eigenvalue weighted by Gasteiger charge is 2.23. The van der Waals surface area contributed by atoms with Gasteiger partial charge >= 0.3 is 12.0 Å². The molecular formula is C18H22N4O5S. The van der Waals surface area contributed by atoms with E-state index >= 15 is 0 Å². The van der Waals surface area contributed by atoms with E-state index < -0.39 is 24.0 Å². The maximum Gasteiger partial charge on any atom is 0.321 e. The quantitative estimate of drug-likeness (QED) is 0.677. The molecule has 0 aliphatic heterocycles. The largest absolute Gasteiger partial charge is 0.453 e. The number of ether oxygens (including phenoxy) is 1. The van der Waals surface area contributed by atoms with Gasteiger partial charge in [0.25, 0.3) is 5.91 Å². The minimum atomic E-state index is -1.08. The van der Waals surface area contributed by atoms with Crippen molar-refractivity contribution in [2.45, 2.75) is 57.6 Å². The number of carbonyl (C=O) groups excluding carboxylic acids is 3. The summed E-state index contributed by atoms with van der Waals surface area (Å²) in [6, 6.07) is 1.40. The number of amides is 3. The van der Waals surface area contributed by atoms with Crippen LogP contribution in [0.3, 0.4) is 0 Å². The van der Waals surface area contributed by atoms with Crippen molar-refractivity contribution in [1.82, 2.24) is 20.8 Å². The molecule has 0 saturated heterocycles. The zero-order valence-electron chi connectivity index (χ0n) is 15.5. The number of rotatable bonds is 7. The molecule has 2 heterocycles. The number of urea groups is 1. The van der Waals surface area contributed by atoms with Crippen LogP contribution in [0.2, 0.25) is 0 Å². The maximum atomic E-state index is 12.0. The smallest absolute Gasteiger partial charge is 0.321 e. The Labute approximate surface area is 165 Å². The molecule has 3 rings (SSSR count). The van der Waals surface area contributed by atoms with E-state index in [1.54, 1.807) is 0 Å². The molecule has 150 valence electrons. The Morgan fingerprint density at radius 3 is 2.86 bits per heavy atom. The zero-order chi connectivity index (χ0) is 19.9. The van der Waals surface area contributed by atoms with Crippen LogP contribution in [0.15, 0.2) is 21.3 Å². The third-order valence-corrected chi connectivity index (χ3v) is 5.08. The Morgan fingerprint density at radius 2 is 2.14 bits per heavy atom. The van der Waals surface area contributed by atoms with Gasteiger partial charge in [0.1, 0.15) is 0 Å². The van der Waals surface area contributed by atoms with Gasteiger partial charge in [0.15, 0.2) is 6.10 Å². The van der Waals surface area contributed by atoms with E-state index in [1.165, 1.54) is 18.3 Å². The van der Waals surface area contributed by atoms with Gasteiger partial charge in [-0.15, -0.1) is 0 Å². The lowest BCUT2D eigenvalue weighted by Gasteiger charge is -2.15. The van der Waals surface area contributed by atoms with Crippen LogP contribution in [0.5, 0.6) is 0 Å². The summed E-state index contributed by atoms with van der Waals surface area (Å²) in [6.45, 7) is 1.41. The molecule has 1 fully saturated rings. The number of esters is 1. The van der Waals surface area contributed by atoms with E-state index in [2.05, 4.69) is 20.8 Å². The highest BCUT2D eigenvalue weighted by atomic mass is 32.1. The number of imide groups is 1. The molecule has 0 radical (unpaired) electrons. The van der Waals surface area contributed by atoms with E-state index in [-0.39, 0.29) is 18.9 Å². The lowest BCUT2D eigenvalue weighted by atomic mass is 10.2. The van der Waals surface area contributed by atoms with Gasteiger partial charge in [-0.2, -0.15) is 16.3 Å². The van der Waals surface area contributed by atoms with E-state index in [0.717, 1.165) is 31.2 Å². The molecule has 0 bridgehead atoms. The molecular weight excluding hydrogens is 384 g/mol. The van der Waals surface area contributed by atoms with Crippen molar-refractivity contribution < 1.29 is 23.6 Å². The minimum absolute atomic E-state index is 0.0167. The number of thiophene rings is 1. The topological polar surface area (TPSA) is 123 Å². The van der Waals surface area contributed by atoms with Crippen molar-refractivity contribution in [3.05, 3.63) is 22.7 Å². The summed E-state index contributed by atoms with van der Waals surface area (Å²) in [6.07, 6.45) is 3.07. The van der Waals surface area contributed by atoms with Crippen LogP contribution in [0, 0.1) is 0 Å². The number of hydrogen-bond donors (Lipinski definition) is 2. The molecule has 1 aliphatic rings. The van der Waals surface area contributed by atoms with E-state index in [9.17, 15) is 14.4 Å². The van der Waals surface area contributed by atoms with Crippen molar-refractivity contribution in [2.24, 2.45) is 0 Å². The molecule has 2 aromatic rings. The summed E-state index contributed by atoms with van der Waals surface area (Å²) in [7, 11) is 0. The second-order valence-electron chi connectivity index (χ2n) is 6.60. The first kappa shape index (κ1) is 20.0. The number of carbonyl (C=O) groups is 3. The van der Waals surface area contributed by atoms with Crippen molar-refractivity contribution in [1.29, 1.82) is 0 Å². The summed E-state index contributed by atoms with van der Waals surface area (Å²) >= 11 is 1.52. The molecule has 1 unspecified atom stereocenters. The number of aromatic nitrogens is 2. The lowest BCUT2D eigenvalue weighted by Crippen LogP contribution is -2.47. The number of aryl methyl sites for hydroxylation is 1. The highest BCUT2D eigenvalue weighted by molar-refractivity contribution is 7.08. The van der Waals surface area contributed by atoms with Gasteiger partial charge in [-0.3, -0.25) is 14.9 Å². The lowest BCUT2D eigenvalue weighted by molar-refractivity contribution is -0.154. The Balaban J connectivity index is 1.38. The molecule has 0 spiro atoms. The Bertz CT molecular complexity index is 814. The van der Waals surface area contributed by atoms with Gasteiger partial charge in [-0.05, 0) is 31.2 Å². The second-order valence-corrected chi connectivity index (χ2v) is 7.38. The van der Waals surface area contributed by atoms with E-state index in [0.29, 0.717) is 11.7 Å². The summed E-state index contributed by atoms with van der Waals surface area (Å²) < 4.78 is 10.2. The van der Waals surface area contributed by atoms with Crippen LogP contribution in [0.25, 0.3) is 11.4 Å². The molecule has 2 N–H and O–H groups in total. The monoisotopic (exact) mass is 406 g/mol. The van der Waals surface area contributed by atoms with Gasteiger partial charge < -0.3 is 14.6 Å². The van der Waals surface area contributed by atoms with Crippen molar-refractivity contribution in [3.63, 3.8) is 0 Å². The molecule has 3 amide bonds. The van der Waals surface area contributed by atoms with Gasteiger partial charge in [0.2, 0.25) is 11.7 Å². The van der Waals surface area contributed by atoms with Crippen LogP contribution in [0.1, 0.15) is 44.9 Å². The zero-order valence-corrected chi connectivity index (χ0v) is 16.3.